The number of ether oxygens (including phenoxy) is 3. The summed E-state index contributed by atoms with van der Waals surface area (Å²) in [5.41, 5.74) is 0. The molecule has 0 saturated carbocycles. The summed E-state index contributed by atoms with van der Waals surface area (Å²) >= 11 is 0. The molecule has 0 spiro atoms. The van der Waals surface area contributed by atoms with Gasteiger partial charge in [0.2, 0.25) is 0 Å². The van der Waals surface area contributed by atoms with Gasteiger partial charge in [0.05, 0.1) is 0 Å². The number of methoxy groups -OCH3 is 3. The van der Waals surface area contributed by atoms with Gasteiger partial charge in [-0.05, 0) is 0 Å². The van der Waals surface area contributed by atoms with E-state index in [-0.39, 0.29) is 28.3 Å². The van der Waals surface area contributed by atoms with Gasteiger partial charge in [-0.3, -0.25) is 0 Å². The smallest absolute Gasteiger partial charge is 0.304 e. The van der Waals surface area contributed by atoms with E-state index in [9.17, 15) is 0 Å². The first kappa shape index (κ1) is 13.2. The molecule has 0 fully saturated rings. The van der Waals surface area contributed by atoms with Crippen molar-refractivity contribution in [2.45, 2.75) is 5.97 Å². The molecule has 0 aromatic carbocycles. The summed E-state index contributed by atoms with van der Waals surface area (Å²) in [7, 11) is 4.12. The minimum absolute atomic E-state index is 0. The van der Waals surface area contributed by atoms with Gasteiger partial charge in [0, 0.05) is 43.0 Å². The quantitative estimate of drug-likeness (QED) is 0.475. The van der Waals surface area contributed by atoms with Crippen LogP contribution in [0.3, 0.4) is 0 Å². The second-order valence-corrected chi connectivity index (χ2v) is 1.55. The molecule has 60 valence electrons. The predicted octanol–water partition coefficient (Wildman–Crippen LogP) is -0.431. The van der Waals surface area contributed by atoms with Crippen LogP contribution in [0.1, 0.15) is 0 Å². The van der Waals surface area contributed by atoms with Crippen molar-refractivity contribution in [1.29, 1.82) is 0 Å². The van der Waals surface area contributed by atoms with Gasteiger partial charge in [0.15, 0.2) is 0 Å². The van der Waals surface area contributed by atoms with Crippen LogP contribution in [0.25, 0.3) is 0 Å². The summed E-state index contributed by atoms with van der Waals surface area (Å²) in [6.07, 6.45) is 0. The van der Waals surface area contributed by atoms with Gasteiger partial charge in [0.1, 0.15) is 6.61 Å². The van der Waals surface area contributed by atoms with Crippen LogP contribution >= 0.6 is 0 Å². The Morgan fingerprint density at radius 3 is 1.70 bits per heavy atom. The van der Waals surface area contributed by atoms with Crippen LogP contribution in [-0.2, 0) is 35.9 Å². The van der Waals surface area contributed by atoms with Crippen LogP contribution in [0.4, 0.5) is 0 Å². The molecule has 0 saturated heterocycles. The first-order chi connectivity index (χ1) is 4.18. The van der Waals surface area contributed by atoms with Crippen LogP contribution in [0.2, 0.25) is 0 Å². The summed E-state index contributed by atoms with van der Waals surface area (Å²) in [5, 5.41) is 9.06. The average Bonchev–Trinajstić information content (AvgIpc) is 1.89. The maximum atomic E-state index is 9.06. The second kappa shape index (κ2) is 6.28. The van der Waals surface area contributed by atoms with Crippen LogP contribution in [0.15, 0.2) is 0 Å². The molecular formula is C5H12O4Ti. The first-order valence-corrected chi connectivity index (χ1v) is 2.50. The molecule has 0 aliphatic rings. The van der Waals surface area contributed by atoms with Crippen molar-refractivity contribution in [3.63, 3.8) is 0 Å². The molecule has 0 aromatic heterocycles. The van der Waals surface area contributed by atoms with Gasteiger partial charge in [-0.1, -0.05) is 0 Å². The SMILES string of the molecule is COCC(O)(OC)OC.[Ti]. The molecule has 10 heavy (non-hydrogen) atoms. The van der Waals surface area contributed by atoms with Gasteiger partial charge < -0.3 is 19.3 Å². The van der Waals surface area contributed by atoms with E-state index >= 15 is 0 Å². The van der Waals surface area contributed by atoms with E-state index < -0.39 is 5.97 Å². The zero-order valence-electron chi connectivity index (χ0n) is 6.38. The Balaban J connectivity index is 0. The molecule has 0 rings (SSSR count). The van der Waals surface area contributed by atoms with Crippen molar-refractivity contribution < 1.29 is 41.0 Å². The fraction of sp³-hybridized carbons (Fsp3) is 1.00. The van der Waals surface area contributed by atoms with Crippen molar-refractivity contribution in [2.75, 3.05) is 27.9 Å². The number of hydrogen-bond donors (Lipinski definition) is 1. The molecule has 0 atom stereocenters. The molecule has 0 aliphatic heterocycles. The third kappa shape index (κ3) is 4.38. The van der Waals surface area contributed by atoms with Crippen LogP contribution < -0.4 is 0 Å². The molecule has 1 N–H and O–H groups in total. The van der Waals surface area contributed by atoms with Crippen LogP contribution in [0.5, 0.6) is 0 Å². The Morgan fingerprint density at radius 2 is 1.60 bits per heavy atom. The Morgan fingerprint density at radius 1 is 1.20 bits per heavy atom. The monoisotopic (exact) mass is 184 g/mol. The zero-order chi connectivity index (χ0) is 7.33. The first-order valence-electron chi connectivity index (χ1n) is 2.50. The Hall–Kier alpha value is 0.554. The summed E-state index contributed by atoms with van der Waals surface area (Å²) in [6.45, 7) is 0. The van der Waals surface area contributed by atoms with Crippen LogP contribution in [-0.4, -0.2) is 39.0 Å². The Bertz CT molecular complexity index is 74.0. The van der Waals surface area contributed by atoms with Crippen molar-refractivity contribution in [3.8, 4) is 0 Å². The van der Waals surface area contributed by atoms with E-state index in [4.69, 9.17) is 5.11 Å². The molecule has 0 unspecified atom stereocenters. The maximum Gasteiger partial charge on any atom is 0.304 e. The van der Waals surface area contributed by atoms with E-state index in [1.54, 1.807) is 0 Å². The minimum atomic E-state index is -1.59. The molecular weight excluding hydrogens is 172 g/mol. The van der Waals surface area contributed by atoms with Crippen molar-refractivity contribution in [1.82, 2.24) is 0 Å². The van der Waals surface area contributed by atoms with Crippen molar-refractivity contribution in [2.24, 2.45) is 0 Å². The normalized spacial score (nSPS) is 10.8. The fourth-order valence-electron chi connectivity index (χ4n) is 0.384. The Labute approximate surface area is 75.3 Å². The van der Waals surface area contributed by atoms with Crippen LogP contribution in [0, 0.1) is 0 Å². The standard InChI is InChI=1S/C5H12O4.Ti/c1-7-4-5(6,8-2)9-3;/h6H,4H2,1-3H3;. The molecule has 0 heterocycles. The molecule has 0 amide bonds. The third-order valence-electron chi connectivity index (χ3n) is 0.965. The van der Waals surface area contributed by atoms with E-state index in [2.05, 4.69) is 14.2 Å². The van der Waals surface area contributed by atoms with E-state index in [0.29, 0.717) is 0 Å². The average molecular weight is 184 g/mol. The zero-order valence-corrected chi connectivity index (χ0v) is 7.94. The molecule has 0 aliphatic carbocycles. The summed E-state index contributed by atoms with van der Waals surface area (Å²) in [6, 6.07) is 0. The maximum absolute atomic E-state index is 9.06. The van der Waals surface area contributed by atoms with Crippen molar-refractivity contribution >= 4 is 0 Å². The van der Waals surface area contributed by atoms with E-state index in [1.807, 2.05) is 0 Å². The molecule has 0 radical (unpaired) electrons. The van der Waals surface area contributed by atoms with Gasteiger partial charge in [-0.25, -0.2) is 0 Å². The summed E-state index contributed by atoms with van der Waals surface area (Å²) < 4.78 is 13.7. The minimum Gasteiger partial charge on any atom is -0.376 e. The molecule has 0 aromatic rings. The predicted molar refractivity (Wildman–Crippen MR) is 30.8 cm³/mol. The molecule has 4 nitrogen and oxygen atoms in total. The molecule has 5 heteroatoms. The third-order valence-corrected chi connectivity index (χ3v) is 0.965. The van der Waals surface area contributed by atoms with Crippen molar-refractivity contribution in [3.05, 3.63) is 0 Å². The van der Waals surface area contributed by atoms with E-state index in [0.717, 1.165) is 0 Å². The van der Waals surface area contributed by atoms with Gasteiger partial charge >= 0.3 is 5.97 Å². The number of rotatable bonds is 4. The Kier molecular flexibility index (Phi) is 8.26. The van der Waals surface area contributed by atoms with Gasteiger partial charge in [-0.2, -0.15) is 0 Å². The summed E-state index contributed by atoms with van der Waals surface area (Å²) in [5.74, 6) is -1.59. The largest absolute Gasteiger partial charge is 0.376 e. The van der Waals surface area contributed by atoms with Gasteiger partial charge in [-0.15, -0.1) is 0 Å². The number of hydrogen-bond acceptors (Lipinski definition) is 4. The van der Waals surface area contributed by atoms with Gasteiger partial charge in [0.25, 0.3) is 0 Å². The second-order valence-electron chi connectivity index (χ2n) is 1.55. The fourth-order valence-corrected chi connectivity index (χ4v) is 0.384. The van der Waals surface area contributed by atoms with E-state index in [1.165, 1.54) is 21.3 Å². The number of aliphatic hydroxyl groups is 1. The summed E-state index contributed by atoms with van der Waals surface area (Å²) in [4.78, 5) is 0. The topological polar surface area (TPSA) is 47.9 Å². The molecule has 0 bridgehead atoms.